The highest BCUT2D eigenvalue weighted by molar-refractivity contribution is 6.42. The zero-order valence-corrected chi connectivity index (χ0v) is 30.6. The first-order chi connectivity index (χ1) is 24.1. The van der Waals surface area contributed by atoms with E-state index in [0.717, 1.165) is 42.7 Å². The Labute approximate surface area is 307 Å². The van der Waals surface area contributed by atoms with E-state index < -0.39 is 29.7 Å². The number of carbonyl (C=O) groups is 2. The van der Waals surface area contributed by atoms with Crippen molar-refractivity contribution in [3.05, 3.63) is 87.4 Å². The Bertz CT molecular complexity index is 1630. The molecule has 14 heteroatoms. The number of ether oxygens (including phenoxy) is 2. The van der Waals surface area contributed by atoms with Crippen LogP contribution in [0, 0.1) is 5.92 Å². The minimum absolute atomic E-state index is 0.152. The van der Waals surface area contributed by atoms with E-state index >= 15 is 0 Å². The maximum absolute atomic E-state index is 14.4. The lowest BCUT2D eigenvalue weighted by molar-refractivity contribution is -0.137. The Morgan fingerprint density at radius 3 is 2.37 bits per heavy atom. The van der Waals surface area contributed by atoms with Crippen molar-refractivity contribution in [1.82, 2.24) is 9.80 Å². The number of fused-ring (bicyclic) bond motifs is 1. The number of hydrogen-bond donors (Lipinski definition) is 3. The van der Waals surface area contributed by atoms with Gasteiger partial charge in [0.25, 0.3) is 5.91 Å². The molecule has 4 rings (SSSR count). The van der Waals surface area contributed by atoms with E-state index in [1.54, 1.807) is 30.0 Å². The second-order valence-electron chi connectivity index (χ2n) is 13.1. The first-order valence-electron chi connectivity index (χ1n) is 16.9. The van der Waals surface area contributed by atoms with Crippen molar-refractivity contribution in [2.75, 3.05) is 44.0 Å². The van der Waals surface area contributed by atoms with E-state index in [1.165, 1.54) is 6.07 Å². The van der Waals surface area contributed by atoms with Gasteiger partial charge in [-0.05, 0) is 100 Å². The Kier molecular flexibility index (Phi) is 14.4. The minimum atomic E-state index is -4.50. The van der Waals surface area contributed by atoms with Gasteiger partial charge in [0.2, 0.25) is 0 Å². The molecule has 0 unspecified atom stereocenters. The first-order valence-corrected chi connectivity index (χ1v) is 17.6. The van der Waals surface area contributed by atoms with Crippen LogP contribution in [0.3, 0.4) is 0 Å². The van der Waals surface area contributed by atoms with Crippen molar-refractivity contribution in [2.45, 2.75) is 71.0 Å². The summed E-state index contributed by atoms with van der Waals surface area (Å²) in [6.07, 6.45) is -2.64. The van der Waals surface area contributed by atoms with Crippen LogP contribution >= 0.6 is 23.2 Å². The second kappa shape index (κ2) is 18.3. The van der Waals surface area contributed by atoms with Gasteiger partial charge in [-0.2, -0.15) is 13.2 Å². The highest BCUT2D eigenvalue weighted by Crippen LogP contribution is 2.31. The first kappa shape index (κ1) is 40.2. The maximum atomic E-state index is 14.4. The topological polar surface area (TPSA) is 103 Å². The molecule has 51 heavy (non-hydrogen) atoms. The van der Waals surface area contributed by atoms with Gasteiger partial charge in [-0.1, -0.05) is 36.2 Å². The zero-order valence-electron chi connectivity index (χ0n) is 29.1. The molecule has 0 aromatic heterocycles. The largest absolute Gasteiger partial charge is 0.490 e. The SMILES string of the molecule is C[C@H](CO)N1C[C@H](C)[C@H](CN(C)Cc2ccc(Cl)c(Cl)c2)OCCCC[C@H](C)Oc2ccc(NC(=O)Nc3ccc(C(F)(F)F)cc3)cc2C1=O. The summed E-state index contributed by atoms with van der Waals surface area (Å²) >= 11 is 12.4. The molecule has 3 amide bonds. The number of alkyl halides is 3. The van der Waals surface area contributed by atoms with Crippen LogP contribution in [0.2, 0.25) is 10.0 Å². The average Bonchev–Trinajstić information content (AvgIpc) is 3.07. The van der Waals surface area contributed by atoms with Crippen LogP contribution in [-0.4, -0.2) is 78.4 Å². The molecule has 3 aromatic rings. The molecule has 0 aliphatic carbocycles. The van der Waals surface area contributed by atoms with E-state index in [2.05, 4.69) is 15.5 Å². The molecular formula is C37H45Cl2F3N4O5. The summed E-state index contributed by atoms with van der Waals surface area (Å²) in [6, 6.07) is 13.0. The lowest BCUT2D eigenvalue weighted by atomic mass is 10.0. The molecular weight excluding hydrogens is 708 g/mol. The molecule has 278 valence electrons. The summed E-state index contributed by atoms with van der Waals surface area (Å²) in [5.41, 5.74) is 0.765. The number of rotatable bonds is 8. The van der Waals surface area contributed by atoms with Crippen molar-refractivity contribution in [3.8, 4) is 5.75 Å². The van der Waals surface area contributed by atoms with Crippen LogP contribution in [-0.2, 0) is 17.5 Å². The molecule has 0 radical (unpaired) electrons. The van der Waals surface area contributed by atoms with Crippen LogP contribution in [0.1, 0.15) is 61.5 Å². The molecule has 0 fully saturated rings. The standard InChI is InChI=1S/C37H45Cl2F3N4O5/c1-23-19-46(24(2)22-47)35(48)30-18-29(44-36(49)43-28-11-9-27(10-12-28)37(40,41)42)13-15-33(30)51-25(3)7-5-6-16-50-34(23)21-45(4)20-26-8-14-31(38)32(39)17-26/h8-15,17-18,23-25,34,47H,5-7,16,19-22H2,1-4H3,(H2,43,44,49)/t23-,24+,25-,34-/m0/s1. The number of nitrogens with zero attached hydrogens (tertiary/aromatic N) is 2. The van der Waals surface area contributed by atoms with Gasteiger partial charge in [-0.25, -0.2) is 4.79 Å². The summed E-state index contributed by atoms with van der Waals surface area (Å²) in [6.45, 7) is 7.35. The van der Waals surface area contributed by atoms with E-state index in [1.807, 2.05) is 33.0 Å². The van der Waals surface area contributed by atoms with Gasteiger partial charge < -0.3 is 30.1 Å². The van der Waals surface area contributed by atoms with Crippen molar-refractivity contribution in [1.29, 1.82) is 0 Å². The van der Waals surface area contributed by atoms with Crippen LogP contribution in [0.5, 0.6) is 5.75 Å². The third-order valence-corrected chi connectivity index (χ3v) is 9.45. The number of carbonyl (C=O) groups excluding carboxylic acids is 2. The van der Waals surface area contributed by atoms with Crippen LogP contribution < -0.4 is 15.4 Å². The molecule has 1 aliphatic heterocycles. The maximum Gasteiger partial charge on any atom is 0.416 e. The van der Waals surface area contributed by atoms with Gasteiger partial charge in [0.1, 0.15) is 5.75 Å². The van der Waals surface area contributed by atoms with E-state index in [-0.39, 0.29) is 48.2 Å². The summed E-state index contributed by atoms with van der Waals surface area (Å²) < 4.78 is 51.6. The summed E-state index contributed by atoms with van der Waals surface area (Å²) in [4.78, 5) is 30.9. The fraction of sp³-hybridized carbons (Fsp3) is 0.459. The number of aliphatic hydroxyl groups excluding tert-OH is 1. The number of halogens is 5. The van der Waals surface area contributed by atoms with E-state index in [4.69, 9.17) is 32.7 Å². The Morgan fingerprint density at radius 1 is 1.02 bits per heavy atom. The smallest absolute Gasteiger partial charge is 0.416 e. The molecule has 0 saturated heterocycles. The fourth-order valence-corrected chi connectivity index (χ4v) is 6.14. The van der Waals surface area contributed by atoms with Crippen LogP contribution in [0.4, 0.5) is 29.3 Å². The van der Waals surface area contributed by atoms with E-state index in [9.17, 15) is 27.9 Å². The third-order valence-electron chi connectivity index (χ3n) is 8.71. The van der Waals surface area contributed by atoms with Gasteiger partial charge in [-0.15, -0.1) is 0 Å². The summed E-state index contributed by atoms with van der Waals surface area (Å²) in [5.74, 6) is -0.228. The number of benzene rings is 3. The molecule has 3 aromatic carbocycles. The van der Waals surface area contributed by atoms with Crippen molar-refractivity contribution >= 4 is 46.5 Å². The predicted molar refractivity (Wildman–Crippen MR) is 194 cm³/mol. The Morgan fingerprint density at radius 2 is 1.71 bits per heavy atom. The fourth-order valence-electron chi connectivity index (χ4n) is 5.82. The average molecular weight is 754 g/mol. The Balaban J connectivity index is 1.57. The Hall–Kier alpha value is -3.55. The molecule has 9 nitrogen and oxygen atoms in total. The number of likely N-dealkylation sites (N-methyl/N-ethyl adjacent to an activating group) is 1. The molecule has 4 atom stereocenters. The quantitative estimate of drug-likeness (QED) is 0.213. The van der Waals surface area contributed by atoms with Gasteiger partial charge in [-0.3, -0.25) is 9.69 Å². The summed E-state index contributed by atoms with van der Waals surface area (Å²) in [5, 5.41) is 16.4. The molecule has 3 N–H and O–H groups in total. The number of aliphatic hydroxyl groups is 1. The number of urea groups is 1. The molecule has 1 aliphatic rings. The second-order valence-corrected chi connectivity index (χ2v) is 13.9. The van der Waals surface area contributed by atoms with Gasteiger partial charge in [0.15, 0.2) is 0 Å². The number of amides is 3. The molecule has 1 heterocycles. The van der Waals surface area contributed by atoms with Gasteiger partial charge in [0.05, 0.1) is 46.0 Å². The third kappa shape index (κ3) is 11.7. The highest BCUT2D eigenvalue weighted by atomic mass is 35.5. The lowest BCUT2D eigenvalue weighted by Gasteiger charge is -2.36. The zero-order chi connectivity index (χ0) is 37.3. The number of anilines is 2. The van der Waals surface area contributed by atoms with Crippen molar-refractivity contribution < 1.29 is 37.3 Å². The van der Waals surface area contributed by atoms with Gasteiger partial charge in [0, 0.05) is 43.5 Å². The monoisotopic (exact) mass is 752 g/mol. The normalized spacial score (nSPS) is 19.9. The number of nitrogens with one attached hydrogen (secondary N) is 2. The predicted octanol–water partition coefficient (Wildman–Crippen LogP) is 8.58. The molecule has 0 spiro atoms. The lowest BCUT2D eigenvalue weighted by Crippen LogP contribution is -2.47. The van der Waals surface area contributed by atoms with Crippen LogP contribution in [0.15, 0.2) is 60.7 Å². The van der Waals surface area contributed by atoms with Crippen LogP contribution in [0.25, 0.3) is 0 Å². The molecule has 0 bridgehead atoms. The molecule has 0 saturated carbocycles. The highest BCUT2D eigenvalue weighted by Gasteiger charge is 2.31. The van der Waals surface area contributed by atoms with E-state index in [0.29, 0.717) is 41.9 Å². The summed E-state index contributed by atoms with van der Waals surface area (Å²) in [7, 11) is 1.99. The van der Waals surface area contributed by atoms with Gasteiger partial charge >= 0.3 is 12.2 Å². The minimum Gasteiger partial charge on any atom is -0.490 e. The number of hydrogen-bond acceptors (Lipinski definition) is 6. The van der Waals surface area contributed by atoms with Crippen molar-refractivity contribution in [2.24, 2.45) is 5.92 Å². The van der Waals surface area contributed by atoms with Crippen molar-refractivity contribution in [3.63, 3.8) is 0 Å².